The van der Waals surface area contributed by atoms with Crippen molar-refractivity contribution in [3.05, 3.63) is 0 Å². The van der Waals surface area contributed by atoms with E-state index in [4.69, 9.17) is 5.11 Å². The first-order valence-corrected chi connectivity index (χ1v) is 3.08. The molecule has 0 aliphatic carbocycles. The summed E-state index contributed by atoms with van der Waals surface area (Å²) in [5.74, 6) is 0. The van der Waals surface area contributed by atoms with Gasteiger partial charge in [0.1, 0.15) is 5.44 Å². The van der Waals surface area contributed by atoms with Crippen molar-refractivity contribution >= 4 is 11.1 Å². The Morgan fingerprint density at radius 2 is 2.25 bits per heavy atom. The predicted molar refractivity (Wildman–Crippen MR) is 25.2 cm³/mol. The van der Waals surface area contributed by atoms with Gasteiger partial charge in [0.2, 0.25) is 0 Å². The molecule has 0 saturated carbocycles. The standard InChI is InChI=1S/C3H8O3S.Na/c1-2-3(4)7(5)6;/h3-4H,2H2,1H3,(H,5,6);/q;+1/p-1. The van der Waals surface area contributed by atoms with E-state index >= 15 is 0 Å². The molecule has 0 aromatic heterocycles. The van der Waals surface area contributed by atoms with Crippen LogP contribution in [0.3, 0.4) is 0 Å². The van der Waals surface area contributed by atoms with Crippen LogP contribution in [-0.4, -0.2) is 19.3 Å². The summed E-state index contributed by atoms with van der Waals surface area (Å²) < 4.78 is 19.4. The molecular weight excluding hydrogens is 139 g/mol. The van der Waals surface area contributed by atoms with E-state index in [1.807, 2.05) is 0 Å². The van der Waals surface area contributed by atoms with Gasteiger partial charge in [0, 0.05) is 0 Å². The predicted octanol–water partition coefficient (Wildman–Crippen LogP) is -3.40. The largest absolute Gasteiger partial charge is 1.00 e. The summed E-state index contributed by atoms with van der Waals surface area (Å²) in [6, 6.07) is 0. The van der Waals surface area contributed by atoms with Gasteiger partial charge in [0.05, 0.1) is 0 Å². The van der Waals surface area contributed by atoms with Crippen LogP contribution in [0.2, 0.25) is 0 Å². The third-order valence-electron chi connectivity index (χ3n) is 0.571. The molecule has 3 nitrogen and oxygen atoms in total. The third-order valence-corrected chi connectivity index (χ3v) is 1.35. The van der Waals surface area contributed by atoms with Crippen LogP contribution in [0.25, 0.3) is 0 Å². The average Bonchev–Trinajstić information content (AvgIpc) is 1.65. The molecule has 0 saturated heterocycles. The van der Waals surface area contributed by atoms with Crippen LogP contribution in [0.1, 0.15) is 13.3 Å². The summed E-state index contributed by atoms with van der Waals surface area (Å²) in [6.45, 7) is 1.60. The summed E-state index contributed by atoms with van der Waals surface area (Å²) in [7, 11) is 0. The van der Waals surface area contributed by atoms with Crippen LogP contribution < -0.4 is 29.6 Å². The molecule has 44 valence electrons. The van der Waals surface area contributed by atoms with E-state index in [-0.39, 0.29) is 36.0 Å². The molecule has 5 heteroatoms. The topological polar surface area (TPSA) is 60.4 Å². The zero-order valence-corrected chi connectivity index (χ0v) is 7.77. The normalized spacial score (nSPS) is 16.4. The molecule has 0 aromatic carbocycles. The van der Waals surface area contributed by atoms with E-state index in [0.717, 1.165) is 0 Å². The van der Waals surface area contributed by atoms with E-state index in [1.165, 1.54) is 0 Å². The molecule has 0 aromatic rings. The molecule has 0 bridgehead atoms. The van der Waals surface area contributed by atoms with Crippen LogP contribution in [-0.2, 0) is 11.1 Å². The van der Waals surface area contributed by atoms with Gasteiger partial charge in [0.25, 0.3) is 0 Å². The summed E-state index contributed by atoms with van der Waals surface area (Å²) in [5.41, 5.74) is -1.18. The molecule has 2 unspecified atom stereocenters. The maximum atomic E-state index is 9.68. The SMILES string of the molecule is CCC(O)S(=O)[O-].[Na+]. The molecule has 2 atom stereocenters. The fraction of sp³-hybridized carbons (Fsp3) is 1.00. The van der Waals surface area contributed by atoms with E-state index in [9.17, 15) is 8.76 Å². The third kappa shape index (κ3) is 5.21. The number of hydrogen-bond donors (Lipinski definition) is 1. The Kier molecular flexibility index (Phi) is 9.15. The van der Waals surface area contributed by atoms with Gasteiger partial charge < -0.3 is 9.66 Å². The fourth-order valence-corrected chi connectivity index (χ4v) is 0.408. The van der Waals surface area contributed by atoms with E-state index < -0.39 is 16.5 Å². The van der Waals surface area contributed by atoms with E-state index in [0.29, 0.717) is 0 Å². The maximum Gasteiger partial charge on any atom is 1.00 e. The number of rotatable bonds is 2. The Hall–Kier alpha value is 1.07. The van der Waals surface area contributed by atoms with Crippen LogP contribution in [0.15, 0.2) is 0 Å². The number of aliphatic hydroxyl groups excluding tert-OH is 1. The second-order valence-corrected chi connectivity index (χ2v) is 2.19. The zero-order valence-electron chi connectivity index (χ0n) is 4.96. The van der Waals surface area contributed by atoms with Crippen molar-refractivity contribution in [1.82, 2.24) is 0 Å². The fourth-order valence-electron chi connectivity index (χ4n) is 0.136. The van der Waals surface area contributed by atoms with Crippen molar-refractivity contribution in [2.45, 2.75) is 18.8 Å². The molecular formula is C3H7NaO3S. The van der Waals surface area contributed by atoms with Crippen LogP contribution in [0, 0.1) is 0 Å². The monoisotopic (exact) mass is 146 g/mol. The minimum absolute atomic E-state index is 0. The van der Waals surface area contributed by atoms with Gasteiger partial charge in [-0.15, -0.1) is 0 Å². The van der Waals surface area contributed by atoms with Gasteiger partial charge >= 0.3 is 29.6 Å². The Bertz CT molecular complexity index is 76.9. The molecule has 0 aliphatic heterocycles. The second-order valence-electron chi connectivity index (χ2n) is 1.12. The van der Waals surface area contributed by atoms with Crippen molar-refractivity contribution in [1.29, 1.82) is 0 Å². The number of hydrogen-bond acceptors (Lipinski definition) is 3. The molecule has 0 aliphatic rings. The van der Waals surface area contributed by atoms with E-state index in [1.54, 1.807) is 6.92 Å². The van der Waals surface area contributed by atoms with Crippen molar-refractivity contribution in [3.63, 3.8) is 0 Å². The summed E-state index contributed by atoms with van der Waals surface area (Å²) in [5, 5.41) is 8.32. The van der Waals surface area contributed by atoms with Crippen molar-refractivity contribution in [3.8, 4) is 0 Å². The van der Waals surface area contributed by atoms with Crippen molar-refractivity contribution in [2.24, 2.45) is 0 Å². The minimum Gasteiger partial charge on any atom is -0.770 e. The Morgan fingerprint density at radius 1 is 1.88 bits per heavy atom. The van der Waals surface area contributed by atoms with E-state index in [2.05, 4.69) is 0 Å². The smallest absolute Gasteiger partial charge is 0.770 e. The summed E-state index contributed by atoms with van der Waals surface area (Å²) >= 11 is -2.30. The van der Waals surface area contributed by atoms with Crippen LogP contribution in [0.5, 0.6) is 0 Å². The first-order valence-electron chi connectivity index (χ1n) is 1.94. The van der Waals surface area contributed by atoms with Crippen LogP contribution >= 0.6 is 0 Å². The maximum absolute atomic E-state index is 9.68. The molecule has 8 heavy (non-hydrogen) atoms. The van der Waals surface area contributed by atoms with Gasteiger partial charge in [-0.2, -0.15) is 0 Å². The summed E-state index contributed by atoms with van der Waals surface area (Å²) in [4.78, 5) is 0. The molecule has 0 rings (SSSR count). The first-order chi connectivity index (χ1) is 3.18. The zero-order chi connectivity index (χ0) is 5.86. The second kappa shape index (κ2) is 6.19. The molecule has 0 heterocycles. The van der Waals surface area contributed by atoms with Gasteiger partial charge in [-0.3, -0.25) is 4.21 Å². The Labute approximate surface area is 73.1 Å². The number of aliphatic hydroxyl groups is 1. The minimum atomic E-state index is -2.30. The molecule has 0 spiro atoms. The quantitative estimate of drug-likeness (QED) is 0.326. The Morgan fingerprint density at radius 3 is 2.25 bits per heavy atom. The molecule has 0 fully saturated rings. The first kappa shape index (κ1) is 11.8. The van der Waals surface area contributed by atoms with Crippen molar-refractivity contribution < 1.29 is 43.4 Å². The Balaban J connectivity index is 0. The van der Waals surface area contributed by atoms with Crippen molar-refractivity contribution in [2.75, 3.05) is 0 Å². The molecule has 0 amide bonds. The van der Waals surface area contributed by atoms with Gasteiger partial charge in [-0.1, -0.05) is 6.92 Å². The average molecular weight is 146 g/mol. The summed E-state index contributed by atoms with van der Waals surface area (Å²) in [6.07, 6.45) is 0.260. The molecule has 0 radical (unpaired) electrons. The van der Waals surface area contributed by atoms with Gasteiger partial charge in [-0.05, 0) is 17.5 Å². The van der Waals surface area contributed by atoms with Gasteiger partial charge in [0.15, 0.2) is 0 Å². The van der Waals surface area contributed by atoms with Crippen LogP contribution in [0.4, 0.5) is 0 Å². The van der Waals surface area contributed by atoms with Gasteiger partial charge in [-0.25, -0.2) is 0 Å². The molecule has 1 N–H and O–H groups in total.